The van der Waals surface area contributed by atoms with Crippen LogP contribution >= 0.6 is 7.82 Å². The van der Waals surface area contributed by atoms with Crippen molar-refractivity contribution >= 4 is 13.7 Å². The predicted molar refractivity (Wildman–Crippen MR) is 249 cm³/mol. The van der Waals surface area contributed by atoms with Gasteiger partial charge >= 0.3 is 7.82 Å². The summed E-state index contributed by atoms with van der Waals surface area (Å²) in [6, 6.07) is -0.870. The van der Waals surface area contributed by atoms with Gasteiger partial charge in [0.05, 0.1) is 39.9 Å². The number of phosphoric ester groups is 1. The van der Waals surface area contributed by atoms with E-state index in [1.54, 1.807) is 6.08 Å². The molecule has 0 aromatic carbocycles. The molecule has 3 unspecified atom stereocenters. The molecule has 0 aromatic rings. The van der Waals surface area contributed by atoms with Crippen LogP contribution in [-0.2, 0) is 18.4 Å². The van der Waals surface area contributed by atoms with E-state index in [1.165, 1.54) is 116 Å². The molecular formula is C49H92N2O6P+. The van der Waals surface area contributed by atoms with E-state index in [2.05, 4.69) is 67.8 Å². The van der Waals surface area contributed by atoms with Crippen molar-refractivity contribution in [2.45, 2.75) is 206 Å². The van der Waals surface area contributed by atoms with E-state index in [0.29, 0.717) is 17.4 Å². The molecular weight excluding hydrogens is 744 g/mol. The summed E-state index contributed by atoms with van der Waals surface area (Å²) in [7, 11) is 1.54. The summed E-state index contributed by atoms with van der Waals surface area (Å²) >= 11 is 0. The van der Waals surface area contributed by atoms with Crippen LogP contribution in [0.5, 0.6) is 0 Å². The minimum Gasteiger partial charge on any atom is -0.387 e. The molecule has 0 saturated heterocycles. The summed E-state index contributed by atoms with van der Waals surface area (Å²) in [4.78, 5) is 23.2. The lowest BCUT2D eigenvalue weighted by atomic mass is 10.0. The number of amides is 1. The van der Waals surface area contributed by atoms with Gasteiger partial charge in [0.15, 0.2) is 0 Å². The zero-order valence-electron chi connectivity index (χ0n) is 38.3. The van der Waals surface area contributed by atoms with Crippen LogP contribution in [0, 0.1) is 0 Å². The maximum absolute atomic E-state index is 12.9. The third-order valence-electron chi connectivity index (χ3n) is 10.2. The normalized spacial score (nSPS) is 14.8. The van der Waals surface area contributed by atoms with Crippen LogP contribution in [0.1, 0.15) is 194 Å². The van der Waals surface area contributed by atoms with Gasteiger partial charge < -0.3 is 19.8 Å². The van der Waals surface area contributed by atoms with E-state index in [9.17, 15) is 19.4 Å². The number of likely N-dealkylation sites (N-methyl/N-ethyl adjacent to an activating group) is 1. The Labute approximate surface area is 358 Å². The quantitative estimate of drug-likeness (QED) is 0.0245. The highest BCUT2D eigenvalue weighted by atomic mass is 31.2. The first-order valence-corrected chi connectivity index (χ1v) is 25.2. The van der Waals surface area contributed by atoms with Crippen molar-refractivity contribution in [3.63, 3.8) is 0 Å². The summed E-state index contributed by atoms with van der Waals surface area (Å²) in [6.07, 6.45) is 53.0. The smallest absolute Gasteiger partial charge is 0.387 e. The first kappa shape index (κ1) is 56.2. The molecule has 0 aliphatic heterocycles. The van der Waals surface area contributed by atoms with Gasteiger partial charge in [0.2, 0.25) is 5.91 Å². The third kappa shape index (κ3) is 42.3. The molecule has 0 heterocycles. The van der Waals surface area contributed by atoms with Crippen LogP contribution in [0.2, 0.25) is 0 Å². The molecule has 3 atom stereocenters. The second-order valence-corrected chi connectivity index (χ2v) is 18.5. The van der Waals surface area contributed by atoms with Crippen molar-refractivity contribution in [1.82, 2.24) is 5.32 Å². The number of hydrogen-bond donors (Lipinski definition) is 3. The lowest BCUT2D eigenvalue weighted by Crippen LogP contribution is -2.45. The highest BCUT2D eigenvalue weighted by Crippen LogP contribution is 2.43. The first-order valence-electron chi connectivity index (χ1n) is 23.7. The largest absolute Gasteiger partial charge is 0.472 e. The molecule has 8 nitrogen and oxygen atoms in total. The topological polar surface area (TPSA) is 105 Å². The molecule has 0 rings (SSSR count). The second-order valence-electron chi connectivity index (χ2n) is 17.1. The molecule has 58 heavy (non-hydrogen) atoms. The van der Waals surface area contributed by atoms with Gasteiger partial charge in [-0.2, -0.15) is 0 Å². The number of allylic oxidation sites excluding steroid dienone is 9. The van der Waals surface area contributed by atoms with Gasteiger partial charge in [0.25, 0.3) is 0 Å². The van der Waals surface area contributed by atoms with E-state index in [1.807, 2.05) is 27.2 Å². The van der Waals surface area contributed by atoms with Gasteiger partial charge in [-0.1, -0.05) is 177 Å². The fourth-order valence-electron chi connectivity index (χ4n) is 6.46. The number of phosphoric acid groups is 1. The Morgan fingerprint density at radius 1 is 0.603 bits per heavy atom. The number of quaternary nitrogens is 1. The van der Waals surface area contributed by atoms with Crippen LogP contribution in [-0.4, -0.2) is 73.4 Å². The highest BCUT2D eigenvalue weighted by molar-refractivity contribution is 7.47. The Kier molecular flexibility index (Phi) is 39.3. The Morgan fingerprint density at radius 3 is 1.57 bits per heavy atom. The third-order valence-corrected chi connectivity index (χ3v) is 11.2. The summed E-state index contributed by atoms with van der Waals surface area (Å²) < 4.78 is 23.6. The van der Waals surface area contributed by atoms with Gasteiger partial charge in [0.1, 0.15) is 13.2 Å². The van der Waals surface area contributed by atoms with E-state index in [4.69, 9.17) is 9.05 Å². The molecule has 0 radical (unpaired) electrons. The van der Waals surface area contributed by atoms with Gasteiger partial charge in [0, 0.05) is 6.42 Å². The standard InChI is InChI=1S/C49H91N2O6P/c1-6-8-10-12-14-16-18-20-22-23-24-25-26-27-29-31-33-35-37-39-41-43-49(53)50-47(46-57-58(54,55)56-45-44-51(3,4)5)48(52)42-40-38-36-34-32-30-28-21-19-17-15-13-11-9-7-2/h8,10,14,16,19,21,32,34,40,42,47-48,52H,6-7,9,11-13,15,17-18,20,22-31,33,35-39,41,43-46H2,1-5H3,(H-,50,53,54,55)/p+1/b10-8-,16-14-,21-19+,34-32+,42-40+. The Morgan fingerprint density at radius 2 is 1.05 bits per heavy atom. The summed E-state index contributed by atoms with van der Waals surface area (Å²) in [5.41, 5.74) is 0. The van der Waals surface area contributed by atoms with E-state index in [-0.39, 0.29) is 19.1 Å². The fraction of sp³-hybridized carbons (Fsp3) is 0.776. The lowest BCUT2D eigenvalue weighted by molar-refractivity contribution is -0.870. The molecule has 0 aliphatic carbocycles. The highest BCUT2D eigenvalue weighted by Gasteiger charge is 2.27. The van der Waals surface area contributed by atoms with E-state index < -0.39 is 20.0 Å². The number of aliphatic hydroxyl groups is 1. The lowest BCUT2D eigenvalue weighted by Gasteiger charge is -2.25. The van der Waals surface area contributed by atoms with Gasteiger partial charge in [-0.05, 0) is 70.6 Å². The van der Waals surface area contributed by atoms with Crippen molar-refractivity contribution in [1.29, 1.82) is 0 Å². The number of carbonyl (C=O) groups is 1. The van der Waals surface area contributed by atoms with Crippen LogP contribution in [0.15, 0.2) is 60.8 Å². The number of nitrogens with zero attached hydrogens (tertiary/aromatic N) is 1. The average molecular weight is 836 g/mol. The van der Waals surface area contributed by atoms with Crippen LogP contribution in [0.25, 0.3) is 0 Å². The number of unbranched alkanes of at least 4 members (excludes halogenated alkanes) is 21. The molecule has 0 bridgehead atoms. The van der Waals surface area contributed by atoms with Crippen LogP contribution in [0.3, 0.4) is 0 Å². The molecule has 0 aliphatic rings. The SMILES string of the molecule is CC/C=C\C/C=C\CCCCCCCCCCCCCCCCC(=O)NC(COP(=O)(O)OCC[N+](C)(C)C)C(O)/C=C/CC/C=C/CC/C=C/CCCCCCC. The van der Waals surface area contributed by atoms with Gasteiger partial charge in [-0.3, -0.25) is 13.8 Å². The summed E-state index contributed by atoms with van der Waals surface area (Å²) in [5.74, 6) is -0.194. The molecule has 9 heteroatoms. The zero-order valence-corrected chi connectivity index (χ0v) is 39.2. The zero-order chi connectivity index (χ0) is 42.8. The van der Waals surface area contributed by atoms with Crippen molar-refractivity contribution in [3.8, 4) is 0 Å². The first-order chi connectivity index (χ1) is 28.0. The summed E-state index contributed by atoms with van der Waals surface area (Å²) in [5, 5.41) is 13.8. The maximum atomic E-state index is 12.9. The molecule has 338 valence electrons. The minimum absolute atomic E-state index is 0.0520. The Balaban J connectivity index is 4.38. The number of hydrogen-bond acceptors (Lipinski definition) is 5. The molecule has 0 aromatic heterocycles. The summed E-state index contributed by atoms with van der Waals surface area (Å²) in [6.45, 7) is 4.66. The predicted octanol–water partition coefficient (Wildman–Crippen LogP) is 13.4. The fourth-order valence-corrected chi connectivity index (χ4v) is 7.20. The number of aliphatic hydroxyl groups excluding tert-OH is 1. The van der Waals surface area contributed by atoms with Crippen molar-refractivity contribution in [3.05, 3.63) is 60.8 Å². The molecule has 3 N–H and O–H groups in total. The van der Waals surface area contributed by atoms with Crippen molar-refractivity contribution < 1.29 is 32.9 Å². The van der Waals surface area contributed by atoms with Gasteiger partial charge in [-0.25, -0.2) is 4.57 Å². The maximum Gasteiger partial charge on any atom is 0.472 e. The van der Waals surface area contributed by atoms with Crippen LogP contribution in [0.4, 0.5) is 0 Å². The molecule has 0 spiro atoms. The Bertz CT molecular complexity index is 1130. The number of nitrogens with one attached hydrogen (secondary N) is 1. The average Bonchev–Trinajstić information content (AvgIpc) is 3.17. The van der Waals surface area contributed by atoms with Crippen LogP contribution < -0.4 is 5.32 Å². The monoisotopic (exact) mass is 836 g/mol. The van der Waals surface area contributed by atoms with Gasteiger partial charge in [-0.15, -0.1) is 0 Å². The molecule has 0 fully saturated rings. The number of carbonyl (C=O) groups excluding carboxylic acids is 1. The Hall–Kier alpha value is -1.80. The molecule has 0 saturated carbocycles. The molecule has 1 amide bonds. The second kappa shape index (κ2) is 40.6. The van der Waals surface area contributed by atoms with Crippen molar-refractivity contribution in [2.24, 2.45) is 0 Å². The number of rotatable bonds is 42. The van der Waals surface area contributed by atoms with E-state index >= 15 is 0 Å². The minimum atomic E-state index is -4.35. The van der Waals surface area contributed by atoms with Crippen molar-refractivity contribution in [2.75, 3.05) is 40.9 Å². The van der Waals surface area contributed by atoms with E-state index in [0.717, 1.165) is 57.8 Å².